The molecule has 8 heteroatoms. The van der Waals surface area contributed by atoms with Gasteiger partial charge in [-0.3, -0.25) is 4.72 Å². The predicted octanol–water partition coefficient (Wildman–Crippen LogP) is 6.14. The highest BCUT2D eigenvalue weighted by molar-refractivity contribution is 14.1. The van der Waals surface area contributed by atoms with Crippen LogP contribution in [-0.4, -0.2) is 27.4 Å². The lowest BCUT2D eigenvalue weighted by molar-refractivity contribution is 0.207. The summed E-state index contributed by atoms with van der Waals surface area (Å²) in [6.45, 7) is 6.97. The standard InChI is InChI=1S/C22H32INO4SSi/c1-5-30(6-2,7-3)28-21(16-23)19-14-11-15-20(24-29(4,25)26)22(19)27-17-18-12-9-8-10-13-18/h8-15,21,24H,5-7,16-17H2,1-4H3. The van der Waals surface area contributed by atoms with E-state index in [4.69, 9.17) is 9.16 Å². The molecule has 5 nitrogen and oxygen atoms in total. The molecule has 0 saturated heterocycles. The Labute approximate surface area is 195 Å². The lowest BCUT2D eigenvalue weighted by Crippen LogP contribution is -2.37. The van der Waals surface area contributed by atoms with Gasteiger partial charge in [-0.1, -0.05) is 85.8 Å². The van der Waals surface area contributed by atoms with Gasteiger partial charge in [-0.25, -0.2) is 8.42 Å². The highest BCUT2D eigenvalue weighted by Gasteiger charge is 2.33. The van der Waals surface area contributed by atoms with Crippen molar-refractivity contribution >= 4 is 46.6 Å². The van der Waals surface area contributed by atoms with E-state index >= 15 is 0 Å². The molecule has 2 aromatic carbocycles. The lowest BCUT2D eigenvalue weighted by atomic mass is 10.1. The molecule has 2 rings (SSSR count). The number of ether oxygens (including phenoxy) is 1. The van der Waals surface area contributed by atoms with Gasteiger partial charge in [-0.2, -0.15) is 0 Å². The number of nitrogens with one attached hydrogen (secondary N) is 1. The zero-order valence-corrected chi connectivity index (χ0v) is 22.1. The minimum Gasteiger partial charge on any atom is -0.486 e. The number of halogens is 1. The second kappa shape index (κ2) is 11.5. The maximum atomic E-state index is 12.0. The van der Waals surface area contributed by atoms with Crippen molar-refractivity contribution in [2.24, 2.45) is 0 Å². The maximum absolute atomic E-state index is 12.0. The molecule has 0 amide bonds. The zero-order chi connectivity index (χ0) is 22.2. The summed E-state index contributed by atoms with van der Waals surface area (Å²) >= 11 is 2.34. The molecule has 1 N–H and O–H groups in total. The Morgan fingerprint density at radius 2 is 1.63 bits per heavy atom. The molecule has 2 aromatic rings. The molecule has 0 aliphatic carbocycles. The summed E-state index contributed by atoms with van der Waals surface area (Å²) in [5.41, 5.74) is 2.35. The monoisotopic (exact) mass is 561 g/mol. The van der Waals surface area contributed by atoms with Crippen LogP contribution in [0.1, 0.15) is 38.0 Å². The van der Waals surface area contributed by atoms with E-state index in [2.05, 4.69) is 48.1 Å². The smallest absolute Gasteiger partial charge is 0.229 e. The second-order valence-electron chi connectivity index (χ2n) is 7.38. The average Bonchev–Trinajstić information content (AvgIpc) is 2.74. The molecule has 0 spiro atoms. The molecular weight excluding hydrogens is 529 g/mol. The molecule has 0 aliphatic rings. The predicted molar refractivity (Wildman–Crippen MR) is 136 cm³/mol. The molecule has 0 fully saturated rings. The maximum Gasteiger partial charge on any atom is 0.229 e. The molecular formula is C22H32INO4SSi. The van der Waals surface area contributed by atoms with Gasteiger partial charge in [0.2, 0.25) is 10.0 Å². The topological polar surface area (TPSA) is 64.6 Å². The lowest BCUT2D eigenvalue weighted by Gasteiger charge is -2.33. The number of hydrogen-bond donors (Lipinski definition) is 1. The van der Waals surface area contributed by atoms with Gasteiger partial charge in [0.1, 0.15) is 12.4 Å². The number of anilines is 1. The van der Waals surface area contributed by atoms with Crippen LogP contribution in [0.5, 0.6) is 5.75 Å². The van der Waals surface area contributed by atoms with E-state index in [1.165, 1.54) is 0 Å². The van der Waals surface area contributed by atoms with Crippen LogP contribution in [0.4, 0.5) is 5.69 Å². The summed E-state index contributed by atoms with van der Waals surface area (Å²) in [7, 11) is -5.30. The normalized spacial score (nSPS) is 13.1. The molecule has 30 heavy (non-hydrogen) atoms. The van der Waals surface area contributed by atoms with Crippen LogP contribution >= 0.6 is 22.6 Å². The number of alkyl halides is 1. The van der Waals surface area contributed by atoms with E-state index < -0.39 is 18.3 Å². The first-order valence-electron chi connectivity index (χ1n) is 10.3. The van der Waals surface area contributed by atoms with Gasteiger partial charge < -0.3 is 9.16 Å². The van der Waals surface area contributed by atoms with Crippen molar-refractivity contribution in [3.05, 3.63) is 59.7 Å². The van der Waals surface area contributed by atoms with Gasteiger partial charge in [0, 0.05) is 9.99 Å². The molecule has 1 atom stereocenters. The third kappa shape index (κ3) is 6.96. The molecule has 0 bridgehead atoms. The first-order valence-corrected chi connectivity index (χ1v) is 16.2. The van der Waals surface area contributed by atoms with Crippen LogP contribution in [0, 0.1) is 0 Å². The van der Waals surface area contributed by atoms with Crippen molar-refractivity contribution in [3.63, 3.8) is 0 Å². The van der Waals surface area contributed by atoms with Crippen molar-refractivity contribution in [2.75, 3.05) is 15.4 Å². The Morgan fingerprint density at radius 3 is 2.17 bits per heavy atom. The van der Waals surface area contributed by atoms with Crippen LogP contribution in [0.3, 0.4) is 0 Å². The summed E-state index contributed by atoms with van der Waals surface area (Å²) in [5, 5.41) is 0. The average molecular weight is 562 g/mol. The van der Waals surface area contributed by atoms with Crippen LogP contribution in [0.15, 0.2) is 48.5 Å². The number of hydrogen-bond acceptors (Lipinski definition) is 4. The van der Waals surface area contributed by atoms with E-state index in [-0.39, 0.29) is 6.10 Å². The van der Waals surface area contributed by atoms with Gasteiger partial charge in [0.05, 0.1) is 18.0 Å². The first-order chi connectivity index (χ1) is 14.3. The summed E-state index contributed by atoms with van der Waals surface area (Å²) in [5.74, 6) is 0.541. The Balaban J connectivity index is 2.46. The molecule has 0 aliphatic heterocycles. The number of sulfonamides is 1. The fourth-order valence-corrected chi connectivity index (χ4v) is 7.83. The highest BCUT2D eigenvalue weighted by atomic mass is 127. The van der Waals surface area contributed by atoms with Gasteiger partial charge in [0.25, 0.3) is 0 Å². The summed E-state index contributed by atoms with van der Waals surface area (Å²) in [6, 6.07) is 18.6. The van der Waals surface area contributed by atoms with Crippen LogP contribution in [0.25, 0.3) is 0 Å². The van der Waals surface area contributed by atoms with E-state index in [1.54, 1.807) is 6.07 Å². The van der Waals surface area contributed by atoms with E-state index in [0.29, 0.717) is 18.0 Å². The van der Waals surface area contributed by atoms with Crippen LogP contribution in [0.2, 0.25) is 18.1 Å². The van der Waals surface area contributed by atoms with Crippen molar-refractivity contribution in [3.8, 4) is 5.75 Å². The van der Waals surface area contributed by atoms with Crippen molar-refractivity contribution in [1.29, 1.82) is 0 Å². The number of rotatable bonds is 12. The van der Waals surface area contributed by atoms with Gasteiger partial charge in [-0.05, 0) is 29.8 Å². The fourth-order valence-electron chi connectivity index (χ4n) is 3.46. The number of benzene rings is 2. The Morgan fingerprint density at radius 1 is 1.00 bits per heavy atom. The van der Waals surface area contributed by atoms with Gasteiger partial charge in [0.15, 0.2) is 8.32 Å². The Bertz CT molecular complexity index is 896. The molecule has 166 valence electrons. The highest BCUT2D eigenvalue weighted by Crippen LogP contribution is 2.39. The van der Waals surface area contributed by atoms with Gasteiger partial charge >= 0.3 is 0 Å². The fraction of sp³-hybridized carbons (Fsp3) is 0.455. The zero-order valence-electron chi connectivity index (χ0n) is 18.2. The number of para-hydroxylation sites is 1. The minimum absolute atomic E-state index is 0.149. The van der Waals surface area contributed by atoms with Crippen molar-refractivity contribution < 1.29 is 17.6 Å². The third-order valence-electron chi connectivity index (χ3n) is 5.38. The Kier molecular flexibility index (Phi) is 9.64. The molecule has 0 aromatic heterocycles. The van der Waals surface area contributed by atoms with E-state index in [0.717, 1.165) is 39.9 Å². The van der Waals surface area contributed by atoms with Crippen molar-refractivity contribution in [2.45, 2.75) is 51.6 Å². The third-order valence-corrected chi connectivity index (χ3v) is 11.4. The SMILES string of the molecule is CC[Si](CC)(CC)OC(CI)c1cccc(NS(C)(=O)=O)c1OCc1ccccc1. The molecule has 0 heterocycles. The summed E-state index contributed by atoms with van der Waals surface area (Å²) in [4.78, 5) is 0. The first kappa shape index (κ1) is 25.2. The van der Waals surface area contributed by atoms with E-state index in [9.17, 15) is 8.42 Å². The largest absolute Gasteiger partial charge is 0.486 e. The second-order valence-corrected chi connectivity index (χ2v) is 14.7. The van der Waals surface area contributed by atoms with Crippen LogP contribution < -0.4 is 9.46 Å². The Hall–Kier alpha value is -1.10. The molecule has 1 unspecified atom stereocenters. The minimum atomic E-state index is -3.44. The molecule has 0 radical (unpaired) electrons. The summed E-state index contributed by atoms with van der Waals surface area (Å²) < 4.78 is 40.3. The van der Waals surface area contributed by atoms with E-state index in [1.807, 2.05) is 42.5 Å². The quantitative estimate of drug-likeness (QED) is 0.192. The van der Waals surface area contributed by atoms with Crippen LogP contribution in [-0.2, 0) is 21.1 Å². The van der Waals surface area contributed by atoms with Crippen molar-refractivity contribution in [1.82, 2.24) is 0 Å². The van der Waals surface area contributed by atoms with Gasteiger partial charge in [-0.15, -0.1) is 0 Å². The summed E-state index contributed by atoms with van der Waals surface area (Å²) in [6.07, 6.45) is 1.00. The molecule has 0 saturated carbocycles.